The van der Waals surface area contributed by atoms with Crippen molar-refractivity contribution >= 4 is 54.6 Å². The van der Waals surface area contributed by atoms with Crippen molar-refractivity contribution in [3.63, 3.8) is 0 Å². The number of rotatable bonds is 5. The normalized spacial score (nSPS) is 11.7. The van der Waals surface area contributed by atoms with E-state index in [1.165, 1.54) is 0 Å². The summed E-state index contributed by atoms with van der Waals surface area (Å²) in [7, 11) is 0. The minimum atomic E-state index is 0.630. The molecule has 0 spiro atoms. The van der Waals surface area contributed by atoms with Crippen molar-refractivity contribution in [3.05, 3.63) is 176 Å². The molecule has 5 heteroatoms. The van der Waals surface area contributed by atoms with Gasteiger partial charge in [-0.05, 0) is 69.4 Å². The Labute approximate surface area is 309 Å². The Kier molecular flexibility index (Phi) is 6.79. The van der Waals surface area contributed by atoms with Gasteiger partial charge in [0.25, 0.3) is 0 Å². The standard InChI is InChI=1S/C49H29N3O2/c1-3-13-30(14-4-1)47-50-48(31-15-5-2-6-16-31)52-49(51-47)38-28-27-36(34-17-7-8-18-35(34)38)37-21-12-24-43-46(37)40-26-25-32(29-44(40)54-43)33-20-11-23-42-45(33)39-19-9-10-22-41(39)53-42/h1-29H. The molecule has 252 valence electrons. The van der Waals surface area contributed by atoms with E-state index in [1.54, 1.807) is 0 Å². The molecule has 54 heavy (non-hydrogen) atoms. The van der Waals surface area contributed by atoms with E-state index >= 15 is 0 Å². The quantitative estimate of drug-likeness (QED) is 0.180. The highest BCUT2D eigenvalue weighted by Crippen LogP contribution is 2.43. The van der Waals surface area contributed by atoms with Crippen molar-refractivity contribution in [1.29, 1.82) is 0 Å². The Morgan fingerprint density at radius 2 is 0.778 bits per heavy atom. The van der Waals surface area contributed by atoms with Gasteiger partial charge in [-0.3, -0.25) is 0 Å². The Balaban J connectivity index is 1.08. The molecule has 0 aliphatic heterocycles. The maximum atomic E-state index is 6.62. The summed E-state index contributed by atoms with van der Waals surface area (Å²) in [5.74, 6) is 1.91. The highest BCUT2D eigenvalue weighted by atomic mass is 16.3. The van der Waals surface area contributed by atoms with E-state index in [0.29, 0.717) is 17.5 Å². The highest BCUT2D eigenvalue weighted by molar-refractivity contribution is 6.18. The Bertz CT molecular complexity index is 3160. The first-order chi connectivity index (χ1) is 26.8. The van der Waals surface area contributed by atoms with Crippen molar-refractivity contribution < 1.29 is 8.83 Å². The average Bonchev–Trinajstić information content (AvgIpc) is 3.82. The first kappa shape index (κ1) is 30.3. The van der Waals surface area contributed by atoms with Crippen LogP contribution in [0.5, 0.6) is 0 Å². The third-order valence-corrected chi connectivity index (χ3v) is 10.4. The fourth-order valence-electron chi connectivity index (χ4n) is 7.89. The number of hydrogen-bond donors (Lipinski definition) is 0. The van der Waals surface area contributed by atoms with Gasteiger partial charge in [-0.25, -0.2) is 15.0 Å². The van der Waals surface area contributed by atoms with Crippen LogP contribution in [0, 0.1) is 0 Å². The molecule has 0 N–H and O–H groups in total. The Morgan fingerprint density at radius 1 is 0.278 bits per heavy atom. The van der Waals surface area contributed by atoms with E-state index in [1.807, 2.05) is 78.9 Å². The van der Waals surface area contributed by atoms with E-state index in [0.717, 1.165) is 93.6 Å². The predicted molar refractivity (Wildman–Crippen MR) is 219 cm³/mol. The summed E-state index contributed by atoms with van der Waals surface area (Å²) in [5, 5.41) is 6.54. The molecule has 0 atom stereocenters. The summed E-state index contributed by atoms with van der Waals surface area (Å²) in [6, 6.07) is 60.3. The molecule has 3 heterocycles. The van der Waals surface area contributed by atoms with Crippen LogP contribution < -0.4 is 0 Å². The van der Waals surface area contributed by atoms with Gasteiger partial charge in [-0.2, -0.15) is 0 Å². The van der Waals surface area contributed by atoms with Gasteiger partial charge < -0.3 is 8.83 Å². The third-order valence-electron chi connectivity index (χ3n) is 10.4. The lowest BCUT2D eigenvalue weighted by molar-refractivity contribution is 0.668. The summed E-state index contributed by atoms with van der Waals surface area (Å²) in [6.07, 6.45) is 0. The van der Waals surface area contributed by atoms with Crippen LogP contribution in [0.2, 0.25) is 0 Å². The summed E-state index contributed by atoms with van der Waals surface area (Å²) in [5.41, 5.74) is 10.7. The second-order valence-corrected chi connectivity index (χ2v) is 13.5. The molecule has 5 nitrogen and oxygen atoms in total. The number of fused-ring (bicyclic) bond motifs is 7. The molecule has 0 radical (unpaired) electrons. The van der Waals surface area contributed by atoms with Crippen molar-refractivity contribution in [2.45, 2.75) is 0 Å². The first-order valence-electron chi connectivity index (χ1n) is 18.0. The second-order valence-electron chi connectivity index (χ2n) is 13.5. The van der Waals surface area contributed by atoms with Crippen molar-refractivity contribution in [2.75, 3.05) is 0 Å². The number of para-hydroxylation sites is 1. The minimum Gasteiger partial charge on any atom is -0.456 e. The monoisotopic (exact) mass is 691 g/mol. The number of furan rings is 2. The zero-order chi connectivity index (χ0) is 35.6. The van der Waals surface area contributed by atoms with Crippen LogP contribution in [0.4, 0.5) is 0 Å². The van der Waals surface area contributed by atoms with Gasteiger partial charge in [0.05, 0.1) is 0 Å². The lowest BCUT2D eigenvalue weighted by atomic mass is 9.92. The predicted octanol–water partition coefficient (Wildman–Crippen LogP) is 13.2. The van der Waals surface area contributed by atoms with Gasteiger partial charge in [-0.1, -0.05) is 140 Å². The van der Waals surface area contributed by atoms with E-state index < -0.39 is 0 Å². The molecule has 0 unspecified atom stereocenters. The van der Waals surface area contributed by atoms with Crippen LogP contribution in [0.1, 0.15) is 0 Å². The largest absolute Gasteiger partial charge is 0.456 e. The van der Waals surface area contributed by atoms with Crippen LogP contribution in [0.3, 0.4) is 0 Å². The molecule has 3 aromatic heterocycles. The Hall–Kier alpha value is -7.37. The van der Waals surface area contributed by atoms with Crippen molar-refractivity contribution in [1.82, 2.24) is 15.0 Å². The second kappa shape index (κ2) is 12.1. The first-order valence-corrected chi connectivity index (χ1v) is 18.0. The lowest BCUT2D eigenvalue weighted by Crippen LogP contribution is -2.00. The molecule has 11 aromatic rings. The van der Waals surface area contributed by atoms with Gasteiger partial charge in [0.1, 0.15) is 22.3 Å². The van der Waals surface area contributed by atoms with E-state index in [4.69, 9.17) is 23.8 Å². The molecule has 0 saturated carbocycles. The molecule has 0 bridgehead atoms. The Morgan fingerprint density at radius 3 is 1.48 bits per heavy atom. The molecule has 0 aliphatic carbocycles. The number of nitrogens with zero attached hydrogens (tertiary/aromatic N) is 3. The topological polar surface area (TPSA) is 65.0 Å². The highest BCUT2D eigenvalue weighted by Gasteiger charge is 2.20. The minimum absolute atomic E-state index is 0.630. The maximum absolute atomic E-state index is 6.62. The molecule has 11 rings (SSSR count). The van der Waals surface area contributed by atoms with Gasteiger partial charge in [0, 0.05) is 38.2 Å². The van der Waals surface area contributed by atoms with E-state index in [-0.39, 0.29) is 0 Å². The maximum Gasteiger partial charge on any atom is 0.164 e. The molecule has 0 fully saturated rings. The number of aromatic nitrogens is 3. The van der Waals surface area contributed by atoms with E-state index in [2.05, 4.69) is 97.1 Å². The lowest BCUT2D eigenvalue weighted by Gasteiger charge is -2.13. The molecule has 8 aromatic carbocycles. The molecular weight excluding hydrogens is 663 g/mol. The van der Waals surface area contributed by atoms with Gasteiger partial charge in [0.2, 0.25) is 0 Å². The van der Waals surface area contributed by atoms with Gasteiger partial charge >= 0.3 is 0 Å². The summed E-state index contributed by atoms with van der Waals surface area (Å²) in [6.45, 7) is 0. The van der Waals surface area contributed by atoms with Crippen LogP contribution in [-0.4, -0.2) is 15.0 Å². The summed E-state index contributed by atoms with van der Waals surface area (Å²) >= 11 is 0. The van der Waals surface area contributed by atoms with Gasteiger partial charge in [0.15, 0.2) is 17.5 Å². The SMILES string of the molecule is c1ccc(-c2nc(-c3ccccc3)nc(-c3ccc(-c4cccc5oc6cc(-c7cccc8oc9ccccc9c78)ccc6c45)c4ccccc34)n2)cc1. The van der Waals surface area contributed by atoms with Crippen LogP contribution in [0.25, 0.3) is 111 Å². The number of hydrogen-bond acceptors (Lipinski definition) is 5. The fraction of sp³-hybridized carbons (Fsp3) is 0. The van der Waals surface area contributed by atoms with Crippen LogP contribution >= 0.6 is 0 Å². The average molecular weight is 692 g/mol. The zero-order valence-corrected chi connectivity index (χ0v) is 28.9. The van der Waals surface area contributed by atoms with Crippen LogP contribution in [-0.2, 0) is 0 Å². The molecular formula is C49H29N3O2. The molecule has 0 aliphatic rings. The summed E-state index contributed by atoms with van der Waals surface area (Å²) < 4.78 is 12.8. The van der Waals surface area contributed by atoms with E-state index in [9.17, 15) is 0 Å². The third kappa shape index (κ3) is 4.83. The fourth-order valence-corrected chi connectivity index (χ4v) is 7.89. The van der Waals surface area contributed by atoms with Crippen LogP contribution in [0.15, 0.2) is 185 Å². The number of benzene rings is 8. The smallest absolute Gasteiger partial charge is 0.164 e. The molecule has 0 amide bonds. The van der Waals surface area contributed by atoms with Gasteiger partial charge in [-0.15, -0.1) is 0 Å². The van der Waals surface area contributed by atoms with Crippen molar-refractivity contribution in [2.24, 2.45) is 0 Å². The van der Waals surface area contributed by atoms with Crippen molar-refractivity contribution in [3.8, 4) is 56.4 Å². The summed E-state index contributed by atoms with van der Waals surface area (Å²) in [4.78, 5) is 15.0. The molecule has 0 saturated heterocycles. The zero-order valence-electron chi connectivity index (χ0n) is 28.9.